The monoisotopic (exact) mass is 578 g/mol. The highest BCUT2D eigenvalue weighted by Crippen LogP contribution is 2.46. The predicted octanol–water partition coefficient (Wildman–Crippen LogP) is 11.7. The molecular formula is C41H26N2O2. The van der Waals surface area contributed by atoms with Gasteiger partial charge in [0.25, 0.3) is 0 Å². The first-order valence-electron chi connectivity index (χ1n) is 15.0. The molecule has 4 nitrogen and oxygen atoms in total. The number of aromatic nitrogens is 1. The molecule has 7 aromatic carbocycles. The van der Waals surface area contributed by atoms with Crippen molar-refractivity contribution in [2.75, 3.05) is 4.90 Å². The quantitative estimate of drug-likeness (QED) is 0.204. The van der Waals surface area contributed by atoms with Crippen LogP contribution in [0.5, 0.6) is 0 Å². The van der Waals surface area contributed by atoms with Gasteiger partial charge in [-0.25, -0.2) is 4.98 Å². The van der Waals surface area contributed by atoms with E-state index in [-0.39, 0.29) is 0 Å². The number of nitrogens with zero attached hydrogens (tertiary/aromatic N) is 2. The van der Waals surface area contributed by atoms with Crippen molar-refractivity contribution in [1.29, 1.82) is 0 Å². The Balaban J connectivity index is 1.32. The van der Waals surface area contributed by atoms with Crippen molar-refractivity contribution >= 4 is 60.9 Å². The summed E-state index contributed by atoms with van der Waals surface area (Å²) in [5.41, 5.74) is 9.46. The van der Waals surface area contributed by atoms with Gasteiger partial charge in [-0.1, -0.05) is 103 Å². The van der Waals surface area contributed by atoms with Crippen molar-refractivity contribution in [2.24, 2.45) is 0 Å². The number of anilines is 3. The van der Waals surface area contributed by atoms with Gasteiger partial charge in [0.2, 0.25) is 5.89 Å². The molecule has 0 aliphatic carbocycles. The lowest BCUT2D eigenvalue weighted by atomic mass is 10.0. The zero-order chi connectivity index (χ0) is 29.7. The number of hydrogen-bond donors (Lipinski definition) is 0. The van der Waals surface area contributed by atoms with Crippen molar-refractivity contribution in [2.45, 2.75) is 0 Å². The molecule has 0 aliphatic heterocycles. The van der Waals surface area contributed by atoms with E-state index in [0.29, 0.717) is 5.89 Å². The van der Waals surface area contributed by atoms with Crippen molar-refractivity contribution in [3.8, 4) is 22.6 Å². The van der Waals surface area contributed by atoms with E-state index >= 15 is 0 Å². The third kappa shape index (κ3) is 4.27. The van der Waals surface area contributed by atoms with Crippen LogP contribution >= 0.6 is 0 Å². The Bertz CT molecular complexity index is 2490. The van der Waals surface area contributed by atoms with Crippen LogP contribution in [0.15, 0.2) is 167 Å². The number of rotatable bonds is 5. The van der Waals surface area contributed by atoms with Crippen molar-refractivity contribution in [1.82, 2.24) is 4.98 Å². The average Bonchev–Trinajstić information content (AvgIpc) is 3.69. The molecule has 0 spiro atoms. The average molecular weight is 579 g/mol. The van der Waals surface area contributed by atoms with Crippen LogP contribution < -0.4 is 4.90 Å². The third-order valence-corrected chi connectivity index (χ3v) is 8.47. The summed E-state index contributed by atoms with van der Waals surface area (Å²) in [4.78, 5) is 7.15. The van der Waals surface area contributed by atoms with Gasteiger partial charge in [0.1, 0.15) is 16.7 Å². The van der Waals surface area contributed by atoms with E-state index in [2.05, 4.69) is 120 Å². The van der Waals surface area contributed by atoms with E-state index < -0.39 is 0 Å². The highest BCUT2D eigenvalue weighted by atomic mass is 16.4. The molecule has 0 saturated heterocycles. The number of hydrogen-bond acceptors (Lipinski definition) is 4. The van der Waals surface area contributed by atoms with E-state index in [1.165, 1.54) is 10.8 Å². The number of oxazole rings is 1. The Hall–Kier alpha value is -6.13. The third-order valence-electron chi connectivity index (χ3n) is 8.47. The molecule has 2 aromatic heterocycles. The Morgan fingerprint density at radius 1 is 0.467 bits per heavy atom. The summed E-state index contributed by atoms with van der Waals surface area (Å²) in [5, 5.41) is 4.37. The molecule has 0 fully saturated rings. The molecule has 0 unspecified atom stereocenters. The molecule has 0 aliphatic rings. The molecule has 0 N–H and O–H groups in total. The topological polar surface area (TPSA) is 42.4 Å². The first-order chi connectivity index (χ1) is 22.3. The van der Waals surface area contributed by atoms with Gasteiger partial charge >= 0.3 is 0 Å². The first-order valence-corrected chi connectivity index (χ1v) is 15.0. The van der Waals surface area contributed by atoms with E-state index in [1.54, 1.807) is 0 Å². The van der Waals surface area contributed by atoms with E-state index in [1.807, 2.05) is 42.5 Å². The summed E-state index contributed by atoms with van der Waals surface area (Å²) in [6.45, 7) is 0. The second-order valence-corrected chi connectivity index (χ2v) is 11.2. The Morgan fingerprint density at radius 3 is 2.02 bits per heavy atom. The Labute approximate surface area is 259 Å². The minimum absolute atomic E-state index is 0.595. The highest BCUT2D eigenvalue weighted by Gasteiger charge is 2.23. The summed E-state index contributed by atoms with van der Waals surface area (Å²) in [5.74, 6) is 0.595. The van der Waals surface area contributed by atoms with Crippen LogP contribution in [0.2, 0.25) is 0 Å². The van der Waals surface area contributed by atoms with Gasteiger partial charge in [0.15, 0.2) is 5.58 Å². The van der Waals surface area contributed by atoms with Crippen LogP contribution in [0.4, 0.5) is 17.1 Å². The zero-order valence-electron chi connectivity index (χ0n) is 24.2. The smallest absolute Gasteiger partial charge is 0.227 e. The van der Waals surface area contributed by atoms with E-state index in [4.69, 9.17) is 13.8 Å². The normalized spacial score (nSPS) is 11.6. The van der Waals surface area contributed by atoms with Crippen molar-refractivity contribution < 1.29 is 8.83 Å². The van der Waals surface area contributed by atoms with Gasteiger partial charge in [0, 0.05) is 28.3 Å². The SMILES string of the molecule is c1ccc(-c2nc3cc4oc5cccc(N(c6ccc7ccccc7c6)c6ccccc6-c6ccccc6)c5c4cc3o2)cc1. The fourth-order valence-electron chi connectivity index (χ4n) is 6.37. The lowest BCUT2D eigenvalue weighted by Gasteiger charge is -2.28. The van der Waals surface area contributed by atoms with Crippen molar-refractivity contribution in [3.63, 3.8) is 0 Å². The molecule has 212 valence electrons. The summed E-state index contributed by atoms with van der Waals surface area (Å²) >= 11 is 0. The molecule has 2 heterocycles. The molecule has 9 rings (SSSR count). The molecular weight excluding hydrogens is 552 g/mol. The second kappa shape index (κ2) is 10.2. The van der Waals surface area contributed by atoms with Crippen LogP contribution in [-0.4, -0.2) is 4.98 Å². The summed E-state index contributed by atoms with van der Waals surface area (Å²) in [7, 11) is 0. The van der Waals surface area contributed by atoms with Crippen LogP contribution in [0.25, 0.3) is 66.4 Å². The van der Waals surface area contributed by atoms with Crippen LogP contribution in [0, 0.1) is 0 Å². The fourth-order valence-corrected chi connectivity index (χ4v) is 6.37. The zero-order valence-corrected chi connectivity index (χ0v) is 24.2. The maximum atomic E-state index is 6.51. The van der Waals surface area contributed by atoms with Gasteiger partial charge in [-0.2, -0.15) is 0 Å². The lowest BCUT2D eigenvalue weighted by molar-refractivity contribution is 0.620. The molecule has 0 atom stereocenters. The molecule has 0 bridgehead atoms. The molecule has 45 heavy (non-hydrogen) atoms. The Morgan fingerprint density at radius 2 is 1.18 bits per heavy atom. The molecule has 9 aromatic rings. The molecule has 4 heteroatoms. The Kier molecular flexibility index (Phi) is 5.78. The van der Waals surface area contributed by atoms with Crippen molar-refractivity contribution in [3.05, 3.63) is 158 Å². The van der Waals surface area contributed by atoms with Crippen LogP contribution in [0.1, 0.15) is 0 Å². The number of furan rings is 1. The predicted molar refractivity (Wildman–Crippen MR) is 184 cm³/mol. The standard InChI is InChI=1S/C41H26N2O2/c1-3-13-28(14-4-1)32-18-9-10-19-35(32)43(31-23-22-27-12-7-8-17-30(27)24-31)36-20-11-21-37-40(36)33-25-39-34(26-38(33)44-37)42-41(45-39)29-15-5-2-6-16-29/h1-26H. The van der Waals surface area contributed by atoms with Crippen LogP contribution in [0.3, 0.4) is 0 Å². The van der Waals surface area contributed by atoms with Gasteiger partial charge in [-0.05, 0) is 64.9 Å². The first kappa shape index (κ1) is 25.4. The van der Waals surface area contributed by atoms with Gasteiger partial charge in [0.05, 0.1) is 16.8 Å². The second-order valence-electron chi connectivity index (χ2n) is 11.2. The van der Waals surface area contributed by atoms with E-state index in [9.17, 15) is 0 Å². The largest absolute Gasteiger partial charge is 0.456 e. The minimum atomic E-state index is 0.595. The minimum Gasteiger partial charge on any atom is -0.456 e. The molecule has 0 amide bonds. The molecule has 0 saturated carbocycles. The van der Waals surface area contributed by atoms with Gasteiger partial charge < -0.3 is 13.7 Å². The summed E-state index contributed by atoms with van der Waals surface area (Å²) in [6.07, 6.45) is 0. The van der Waals surface area contributed by atoms with Gasteiger partial charge in [-0.3, -0.25) is 0 Å². The number of para-hydroxylation sites is 1. The van der Waals surface area contributed by atoms with Gasteiger partial charge in [-0.15, -0.1) is 0 Å². The number of fused-ring (bicyclic) bond motifs is 5. The molecule has 0 radical (unpaired) electrons. The lowest BCUT2D eigenvalue weighted by Crippen LogP contribution is -2.11. The number of benzene rings is 7. The summed E-state index contributed by atoms with van der Waals surface area (Å²) < 4.78 is 12.8. The summed E-state index contributed by atoms with van der Waals surface area (Å²) in [6, 6.07) is 54.6. The fraction of sp³-hybridized carbons (Fsp3) is 0. The van der Waals surface area contributed by atoms with Crippen LogP contribution in [-0.2, 0) is 0 Å². The van der Waals surface area contributed by atoms with E-state index in [0.717, 1.165) is 66.8 Å². The highest BCUT2D eigenvalue weighted by molar-refractivity contribution is 6.16. The maximum Gasteiger partial charge on any atom is 0.227 e. The maximum absolute atomic E-state index is 6.51.